The predicted molar refractivity (Wildman–Crippen MR) is 131 cm³/mol. The molecule has 6 bridgehead atoms. The van der Waals surface area contributed by atoms with Gasteiger partial charge in [0.05, 0.1) is 11.4 Å². The van der Waals surface area contributed by atoms with Crippen LogP contribution >= 0.6 is 0 Å². The standard InChI is InChI=1S/C28H23N3/c1-19-8-9-20(2)28(21-6-4-3-5-7-21)27-15-14-26(31-27)18-25-13-12-24(30-25)17-23-11-10-22(16-19)29-23/h3-18,29-30H,1H2,2H3/b9-8-,22-16?,23-17-,26-18?,28-20+. The number of rotatable bonds is 1. The van der Waals surface area contributed by atoms with Gasteiger partial charge in [-0.1, -0.05) is 49.1 Å². The minimum absolute atomic E-state index is 0.927. The highest BCUT2D eigenvalue weighted by Gasteiger charge is 2.14. The van der Waals surface area contributed by atoms with Crippen molar-refractivity contribution in [3.8, 4) is 0 Å². The molecule has 0 amide bonds. The Kier molecular flexibility index (Phi) is 4.85. The molecule has 150 valence electrons. The largest absolute Gasteiger partial charge is 0.355 e. The van der Waals surface area contributed by atoms with Crippen molar-refractivity contribution in [3.63, 3.8) is 0 Å². The van der Waals surface area contributed by atoms with Crippen LogP contribution in [-0.4, -0.2) is 15.7 Å². The molecule has 31 heavy (non-hydrogen) atoms. The fraction of sp³-hybridized carbons (Fsp3) is 0.0357. The molecule has 2 aliphatic rings. The van der Waals surface area contributed by atoms with E-state index in [4.69, 9.17) is 4.99 Å². The summed E-state index contributed by atoms with van der Waals surface area (Å²) < 4.78 is 0. The number of allylic oxidation sites excluding steroid dienone is 7. The van der Waals surface area contributed by atoms with Gasteiger partial charge in [0, 0.05) is 27.7 Å². The van der Waals surface area contributed by atoms with Crippen LogP contribution in [0.5, 0.6) is 0 Å². The molecule has 0 unspecified atom stereocenters. The Balaban J connectivity index is 1.70. The Morgan fingerprint density at radius 2 is 1.45 bits per heavy atom. The highest BCUT2D eigenvalue weighted by molar-refractivity contribution is 6.31. The van der Waals surface area contributed by atoms with Gasteiger partial charge in [-0.05, 0) is 78.3 Å². The fourth-order valence-electron chi connectivity index (χ4n) is 3.87. The predicted octanol–water partition coefficient (Wildman–Crippen LogP) is 4.90. The third-order valence-corrected chi connectivity index (χ3v) is 5.34. The second-order valence-corrected chi connectivity index (χ2v) is 7.76. The average Bonchev–Trinajstić information content (AvgIpc) is 3.50. The minimum Gasteiger partial charge on any atom is -0.355 e. The van der Waals surface area contributed by atoms with Crippen molar-refractivity contribution in [2.75, 3.05) is 0 Å². The second kappa shape index (κ2) is 7.96. The summed E-state index contributed by atoms with van der Waals surface area (Å²) in [4.78, 5) is 11.8. The van der Waals surface area contributed by atoms with Crippen molar-refractivity contribution in [3.05, 3.63) is 130 Å². The van der Waals surface area contributed by atoms with Crippen molar-refractivity contribution < 1.29 is 0 Å². The summed E-state index contributed by atoms with van der Waals surface area (Å²) in [7, 11) is 0. The molecule has 2 aliphatic heterocycles. The smallest absolute Gasteiger partial charge is 0.0718 e. The van der Waals surface area contributed by atoms with Crippen molar-refractivity contribution in [2.45, 2.75) is 6.92 Å². The zero-order valence-corrected chi connectivity index (χ0v) is 17.4. The van der Waals surface area contributed by atoms with Crippen LogP contribution in [0, 0.1) is 0 Å². The van der Waals surface area contributed by atoms with Crippen LogP contribution in [0.4, 0.5) is 0 Å². The Hall–Kier alpha value is -4.11. The first-order chi connectivity index (χ1) is 15.1. The first-order valence-electron chi connectivity index (χ1n) is 10.3. The zero-order valence-electron chi connectivity index (χ0n) is 17.4. The molecule has 0 fully saturated rings. The summed E-state index contributed by atoms with van der Waals surface area (Å²) in [6, 6.07) is 18.7. The Labute approximate surface area is 181 Å². The van der Waals surface area contributed by atoms with Crippen LogP contribution < -0.4 is 10.7 Å². The zero-order chi connectivity index (χ0) is 21.2. The van der Waals surface area contributed by atoms with Gasteiger partial charge in [0.25, 0.3) is 0 Å². The second-order valence-electron chi connectivity index (χ2n) is 7.76. The number of hydrogen-bond acceptors (Lipinski definition) is 1. The summed E-state index contributed by atoms with van der Waals surface area (Å²) in [5.41, 5.74) is 8.28. The number of aromatic nitrogens is 2. The molecule has 3 aromatic rings. The number of aliphatic imine (C=N–C) groups is 1. The number of fused-ring (bicyclic) bond motifs is 5. The van der Waals surface area contributed by atoms with E-state index in [-0.39, 0.29) is 0 Å². The molecule has 3 nitrogen and oxygen atoms in total. The van der Waals surface area contributed by atoms with Gasteiger partial charge in [0.15, 0.2) is 0 Å². The maximum Gasteiger partial charge on any atom is 0.0718 e. The number of H-pyrrole nitrogens is 2. The highest BCUT2D eigenvalue weighted by Crippen LogP contribution is 2.27. The van der Waals surface area contributed by atoms with Gasteiger partial charge in [-0.2, -0.15) is 0 Å². The van der Waals surface area contributed by atoms with E-state index >= 15 is 0 Å². The van der Waals surface area contributed by atoms with Crippen LogP contribution in [0.1, 0.15) is 23.9 Å². The summed E-state index contributed by atoms with van der Waals surface area (Å²) in [5, 5.41) is 2.06. The third kappa shape index (κ3) is 4.12. The molecule has 4 heterocycles. The van der Waals surface area contributed by atoms with Crippen molar-refractivity contribution in [1.29, 1.82) is 0 Å². The number of benzene rings is 1. The molecule has 5 rings (SSSR count). The Morgan fingerprint density at radius 3 is 2.26 bits per heavy atom. The van der Waals surface area contributed by atoms with Crippen molar-refractivity contribution in [1.82, 2.24) is 9.97 Å². The topological polar surface area (TPSA) is 43.9 Å². The molecule has 3 heteroatoms. The molecule has 0 saturated heterocycles. The van der Waals surface area contributed by atoms with Gasteiger partial charge in [-0.3, -0.25) is 0 Å². The lowest BCUT2D eigenvalue weighted by Crippen LogP contribution is -2.09. The van der Waals surface area contributed by atoms with Gasteiger partial charge in [-0.25, -0.2) is 4.99 Å². The van der Waals surface area contributed by atoms with E-state index in [0.29, 0.717) is 0 Å². The molecule has 0 saturated carbocycles. The van der Waals surface area contributed by atoms with Crippen molar-refractivity contribution >= 4 is 29.5 Å². The number of nitrogens with one attached hydrogen (secondary N) is 2. The third-order valence-electron chi connectivity index (χ3n) is 5.34. The lowest BCUT2D eigenvalue weighted by atomic mass is 9.95. The normalized spacial score (nSPS) is 20.3. The Morgan fingerprint density at radius 1 is 0.710 bits per heavy atom. The lowest BCUT2D eigenvalue weighted by molar-refractivity contribution is 1.25. The Bertz CT molecular complexity index is 1430. The van der Waals surface area contributed by atoms with Gasteiger partial charge < -0.3 is 9.97 Å². The summed E-state index contributed by atoms with van der Waals surface area (Å²) in [6.07, 6.45) is 14.5. The molecule has 2 N–H and O–H groups in total. The van der Waals surface area contributed by atoms with Crippen LogP contribution in [0.3, 0.4) is 0 Å². The molecule has 0 radical (unpaired) electrons. The summed E-state index contributed by atoms with van der Waals surface area (Å²) in [5.74, 6) is 0. The lowest BCUT2D eigenvalue weighted by Gasteiger charge is -2.10. The molecule has 1 aromatic carbocycles. The highest BCUT2D eigenvalue weighted by atomic mass is 14.8. The van der Waals surface area contributed by atoms with Crippen molar-refractivity contribution in [2.24, 2.45) is 4.99 Å². The van der Waals surface area contributed by atoms with Gasteiger partial charge in [-0.15, -0.1) is 0 Å². The van der Waals surface area contributed by atoms with Crippen LogP contribution in [0.15, 0.2) is 107 Å². The van der Waals surface area contributed by atoms with Crippen LogP contribution in [-0.2, 0) is 0 Å². The van der Waals surface area contributed by atoms with E-state index in [1.165, 1.54) is 0 Å². The van der Waals surface area contributed by atoms with Gasteiger partial charge in [0.2, 0.25) is 0 Å². The van der Waals surface area contributed by atoms with Gasteiger partial charge in [0.1, 0.15) is 0 Å². The van der Waals surface area contributed by atoms with E-state index in [1.807, 2.05) is 18.2 Å². The van der Waals surface area contributed by atoms with Crippen LogP contribution in [0.2, 0.25) is 0 Å². The molecule has 0 aliphatic carbocycles. The quantitative estimate of drug-likeness (QED) is 0.582. The minimum atomic E-state index is 0.927. The molecular weight excluding hydrogens is 378 g/mol. The monoisotopic (exact) mass is 401 g/mol. The van der Waals surface area contributed by atoms with E-state index in [0.717, 1.165) is 55.8 Å². The van der Waals surface area contributed by atoms with Crippen LogP contribution in [0.25, 0.3) is 23.8 Å². The summed E-state index contributed by atoms with van der Waals surface area (Å²) >= 11 is 0. The number of hydrogen-bond donors (Lipinski definition) is 2. The molecular formula is C28H23N3. The first-order valence-corrected chi connectivity index (χ1v) is 10.3. The maximum atomic E-state index is 4.92. The maximum absolute atomic E-state index is 4.92. The number of nitrogens with zero attached hydrogens (tertiary/aromatic N) is 1. The first kappa shape index (κ1) is 18.9. The number of aromatic amines is 2. The molecule has 0 atom stereocenters. The summed E-state index contributed by atoms with van der Waals surface area (Å²) in [6.45, 7) is 6.32. The van der Waals surface area contributed by atoms with E-state index in [2.05, 4.69) is 102 Å². The fourth-order valence-corrected chi connectivity index (χ4v) is 3.87. The van der Waals surface area contributed by atoms with E-state index in [1.54, 1.807) is 0 Å². The average molecular weight is 402 g/mol. The van der Waals surface area contributed by atoms with Gasteiger partial charge >= 0.3 is 0 Å². The SMILES string of the molecule is C=C1C=c2cc/c([nH]2)=C/c2ccc([nH]2)C=C2C=CC(=N2)/C(c2ccccc2)=C(C)/C=C\1. The van der Waals surface area contributed by atoms with E-state index < -0.39 is 0 Å². The molecule has 0 spiro atoms. The van der Waals surface area contributed by atoms with E-state index in [9.17, 15) is 0 Å². The molecule has 2 aromatic heterocycles.